The van der Waals surface area contributed by atoms with Gasteiger partial charge in [-0.1, -0.05) is 36.7 Å². The fraction of sp³-hybridized carbons (Fsp3) is 0.533. The Morgan fingerprint density at radius 2 is 2.05 bits per heavy atom. The molecule has 0 aromatic heterocycles. The molecule has 2 unspecified atom stereocenters. The molecule has 0 saturated heterocycles. The fourth-order valence-corrected chi connectivity index (χ4v) is 2.62. The van der Waals surface area contributed by atoms with Gasteiger partial charge in [-0.3, -0.25) is 9.69 Å². The molecule has 0 spiro atoms. The number of nitrogens with two attached hydrogens (primary N) is 1. The van der Waals surface area contributed by atoms with E-state index in [1.807, 2.05) is 45.0 Å². The number of carbonyl (C=O) groups excluding carboxylic acids is 1. The summed E-state index contributed by atoms with van der Waals surface area (Å²) in [6.07, 6.45) is 0. The lowest BCUT2D eigenvalue weighted by atomic mass is 9.99. The van der Waals surface area contributed by atoms with Crippen molar-refractivity contribution in [1.29, 1.82) is 0 Å². The molecule has 0 saturated carbocycles. The highest BCUT2D eigenvalue weighted by Crippen LogP contribution is 2.29. The van der Waals surface area contributed by atoms with Crippen LogP contribution in [0.3, 0.4) is 0 Å². The Bertz CT molecular complexity index is 437. The second kappa shape index (κ2) is 8.25. The zero-order chi connectivity index (χ0) is 15.1. The van der Waals surface area contributed by atoms with E-state index in [9.17, 15) is 4.79 Å². The van der Waals surface area contributed by atoms with Crippen molar-refractivity contribution >= 4 is 17.5 Å². The SMILES string of the molecule is CCNC(=O)CN(CC)C(c1ccccc1Cl)C(C)N. The lowest BCUT2D eigenvalue weighted by molar-refractivity contribution is -0.122. The topological polar surface area (TPSA) is 58.4 Å². The van der Waals surface area contributed by atoms with Gasteiger partial charge in [0.2, 0.25) is 5.91 Å². The molecule has 0 aliphatic carbocycles. The summed E-state index contributed by atoms with van der Waals surface area (Å²) in [5.41, 5.74) is 7.10. The van der Waals surface area contributed by atoms with E-state index in [4.69, 9.17) is 17.3 Å². The van der Waals surface area contributed by atoms with Gasteiger partial charge in [0, 0.05) is 17.6 Å². The van der Waals surface area contributed by atoms with Crippen molar-refractivity contribution in [2.75, 3.05) is 19.6 Å². The van der Waals surface area contributed by atoms with Gasteiger partial charge >= 0.3 is 0 Å². The molecular weight excluding hydrogens is 274 g/mol. The van der Waals surface area contributed by atoms with Crippen LogP contribution in [0.2, 0.25) is 5.02 Å². The fourth-order valence-electron chi connectivity index (χ4n) is 2.37. The van der Waals surface area contributed by atoms with E-state index in [1.165, 1.54) is 0 Å². The quantitative estimate of drug-likeness (QED) is 0.811. The largest absolute Gasteiger partial charge is 0.355 e. The number of amides is 1. The minimum atomic E-state index is -0.121. The van der Waals surface area contributed by atoms with E-state index in [0.717, 1.165) is 12.1 Å². The van der Waals surface area contributed by atoms with Crippen molar-refractivity contribution in [2.24, 2.45) is 5.73 Å². The molecular formula is C15H24ClN3O. The third kappa shape index (κ3) is 4.47. The van der Waals surface area contributed by atoms with Crippen molar-refractivity contribution in [1.82, 2.24) is 10.2 Å². The van der Waals surface area contributed by atoms with Crippen molar-refractivity contribution < 1.29 is 4.79 Å². The Kier molecular flexibility index (Phi) is 6.99. The predicted molar refractivity (Wildman–Crippen MR) is 83.8 cm³/mol. The molecule has 0 fully saturated rings. The molecule has 2 atom stereocenters. The summed E-state index contributed by atoms with van der Waals surface area (Å²) >= 11 is 6.28. The average molecular weight is 298 g/mol. The molecule has 0 aliphatic heterocycles. The Hall–Kier alpha value is -1.10. The maximum absolute atomic E-state index is 11.8. The maximum atomic E-state index is 11.8. The number of nitrogens with zero attached hydrogens (tertiary/aromatic N) is 1. The van der Waals surface area contributed by atoms with Gasteiger partial charge in [-0.2, -0.15) is 0 Å². The van der Waals surface area contributed by atoms with Crippen LogP contribution in [0.4, 0.5) is 0 Å². The highest BCUT2D eigenvalue weighted by atomic mass is 35.5. The van der Waals surface area contributed by atoms with Crippen LogP contribution in [0.5, 0.6) is 0 Å². The van der Waals surface area contributed by atoms with Gasteiger partial charge in [0.05, 0.1) is 12.6 Å². The van der Waals surface area contributed by atoms with Crippen molar-refractivity contribution in [2.45, 2.75) is 32.9 Å². The first-order valence-corrected chi connectivity index (χ1v) is 7.39. The molecule has 4 nitrogen and oxygen atoms in total. The van der Waals surface area contributed by atoms with Crippen LogP contribution in [0.1, 0.15) is 32.4 Å². The number of hydrogen-bond acceptors (Lipinski definition) is 3. The molecule has 0 heterocycles. The van der Waals surface area contributed by atoms with Crippen LogP contribution in [0, 0.1) is 0 Å². The van der Waals surface area contributed by atoms with Gasteiger partial charge in [-0.15, -0.1) is 0 Å². The summed E-state index contributed by atoms with van der Waals surface area (Å²) in [7, 11) is 0. The van der Waals surface area contributed by atoms with Gasteiger partial charge in [-0.25, -0.2) is 0 Å². The molecule has 3 N–H and O–H groups in total. The number of rotatable bonds is 7. The maximum Gasteiger partial charge on any atom is 0.234 e. The highest BCUT2D eigenvalue weighted by Gasteiger charge is 2.26. The van der Waals surface area contributed by atoms with E-state index in [0.29, 0.717) is 18.1 Å². The number of hydrogen-bond donors (Lipinski definition) is 2. The van der Waals surface area contributed by atoms with Crippen molar-refractivity contribution in [3.05, 3.63) is 34.9 Å². The zero-order valence-corrected chi connectivity index (χ0v) is 13.2. The number of nitrogens with one attached hydrogen (secondary N) is 1. The third-order valence-corrected chi connectivity index (χ3v) is 3.59. The van der Waals surface area contributed by atoms with Gasteiger partial charge in [-0.05, 0) is 32.0 Å². The van der Waals surface area contributed by atoms with Crippen LogP contribution in [-0.2, 0) is 4.79 Å². The van der Waals surface area contributed by atoms with E-state index in [2.05, 4.69) is 10.2 Å². The van der Waals surface area contributed by atoms with Gasteiger partial charge < -0.3 is 11.1 Å². The van der Waals surface area contributed by atoms with Gasteiger partial charge in [0.15, 0.2) is 0 Å². The van der Waals surface area contributed by atoms with Crippen LogP contribution >= 0.6 is 11.6 Å². The number of halogens is 1. The average Bonchev–Trinajstić information content (AvgIpc) is 2.40. The first-order chi connectivity index (χ1) is 9.51. The van der Waals surface area contributed by atoms with Crippen LogP contribution in [-0.4, -0.2) is 36.5 Å². The van der Waals surface area contributed by atoms with E-state index < -0.39 is 0 Å². The minimum Gasteiger partial charge on any atom is -0.355 e. The molecule has 112 valence electrons. The zero-order valence-electron chi connectivity index (χ0n) is 12.4. The molecule has 1 aromatic rings. The Morgan fingerprint density at radius 3 is 2.55 bits per heavy atom. The minimum absolute atomic E-state index is 0.00653. The molecule has 20 heavy (non-hydrogen) atoms. The molecule has 1 amide bonds. The van der Waals surface area contributed by atoms with Crippen LogP contribution in [0.25, 0.3) is 0 Å². The molecule has 0 bridgehead atoms. The highest BCUT2D eigenvalue weighted by molar-refractivity contribution is 6.31. The summed E-state index contributed by atoms with van der Waals surface area (Å²) in [4.78, 5) is 13.9. The number of carbonyl (C=O) groups is 1. The van der Waals surface area contributed by atoms with Gasteiger partial charge in [0.25, 0.3) is 0 Å². The number of benzene rings is 1. The molecule has 5 heteroatoms. The summed E-state index contributed by atoms with van der Waals surface area (Å²) in [5, 5.41) is 3.50. The second-order valence-corrected chi connectivity index (χ2v) is 5.25. The Balaban J connectivity index is 2.99. The molecule has 0 aliphatic rings. The lowest BCUT2D eigenvalue weighted by Gasteiger charge is -2.33. The van der Waals surface area contributed by atoms with Gasteiger partial charge in [0.1, 0.15) is 0 Å². The smallest absolute Gasteiger partial charge is 0.234 e. The lowest BCUT2D eigenvalue weighted by Crippen LogP contribution is -2.44. The summed E-state index contributed by atoms with van der Waals surface area (Å²) < 4.78 is 0. The van der Waals surface area contributed by atoms with Crippen molar-refractivity contribution in [3.8, 4) is 0 Å². The number of likely N-dealkylation sites (N-methyl/N-ethyl adjacent to an activating group) is 2. The predicted octanol–water partition coefficient (Wildman–Crippen LogP) is 2.19. The molecule has 0 radical (unpaired) electrons. The normalized spacial score (nSPS) is 14.1. The molecule has 1 rings (SSSR count). The van der Waals surface area contributed by atoms with E-state index in [-0.39, 0.29) is 18.0 Å². The second-order valence-electron chi connectivity index (χ2n) is 4.84. The monoisotopic (exact) mass is 297 g/mol. The summed E-state index contributed by atoms with van der Waals surface area (Å²) in [6.45, 7) is 7.55. The van der Waals surface area contributed by atoms with Crippen LogP contribution in [0.15, 0.2) is 24.3 Å². The standard InChI is InChI=1S/C15H24ClN3O/c1-4-18-14(20)10-19(5-2)15(11(3)17)12-8-6-7-9-13(12)16/h6-9,11,15H,4-5,10,17H2,1-3H3,(H,18,20). The first kappa shape index (κ1) is 17.0. The summed E-state index contributed by atoms with van der Waals surface area (Å²) in [5.74, 6) is 0.00653. The Labute approximate surface area is 126 Å². The Morgan fingerprint density at radius 1 is 1.40 bits per heavy atom. The van der Waals surface area contributed by atoms with E-state index >= 15 is 0 Å². The van der Waals surface area contributed by atoms with Crippen molar-refractivity contribution in [3.63, 3.8) is 0 Å². The summed E-state index contributed by atoms with van der Waals surface area (Å²) in [6, 6.07) is 7.46. The first-order valence-electron chi connectivity index (χ1n) is 7.02. The van der Waals surface area contributed by atoms with Crippen LogP contribution < -0.4 is 11.1 Å². The van der Waals surface area contributed by atoms with E-state index in [1.54, 1.807) is 0 Å². The third-order valence-electron chi connectivity index (χ3n) is 3.24. The molecule has 1 aromatic carbocycles.